The maximum Gasteiger partial charge on any atom is 0.265 e. The van der Waals surface area contributed by atoms with Gasteiger partial charge in [-0.3, -0.25) is 4.72 Å². The van der Waals surface area contributed by atoms with Gasteiger partial charge in [0.2, 0.25) is 0 Å². The molecule has 0 bridgehead atoms. The number of aliphatic hydroxyl groups excluding tert-OH is 1. The number of anilines is 1. The number of aliphatic hydroxyl groups is 1. The number of sulfonamides is 1. The Morgan fingerprint density at radius 1 is 1.56 bits per heavy atom. The van der Waals surface area contributed by atoms with Gasteiger partial charge in [0.1, 0.15) is 4.90 Å². The number of H-pyrrole nitrogens is 1. The zero-order chi connectivity index (χ0) is 11.6. The van der Waals surface area contributed by atoms with E-state index in [2.05, 4.69) is 14.7 Å². The minimum absolute atomic E-state index is 0.0757. The van der Waals surface area contributed by atoms with Crippen LogP contribution < -0.4 is 4.72 Å². The van der Waals surface area contributed by atoms with E-state index in [-0.39, 0.29) is 11.5 Å². The fraction of sp³-hybridized carbons (Fsp3) is 0.125. The molecule has 16 heavy (non-hydrogen) atoms. The van der Waals surface area contributed by atoms with E-state index in [0.29, 0.717) is 10.8 Å². The molecule has 0 aliphatic heterocycles. The minimum atomic E-state index is -3.62. The largest absolute Gasteiger partial charge is 0.390 e. The second kappa shape index (κ2) is 4.24. The van der Waals surface area contributed by atoms with Crippen molar-refractivity contribution in [2.75, 3.05) is 4.72 Å². The summed E-state index contributed by atoms with van der Waals surface area (Å²) < 4.78 is 25.9. The Hall–Kier alpha value is -1.38. The van der Waals surface area contributed by atoms with E-state index in [1.54, 1.807) is 5.38 Å². The molecule has 0 aliphatic rings. The van der Waals surface area contributed by atoms with E-state index in [4.69, 9.17) is 5.11 Å². The Bertz CT molecular complexity index is 559. The summed E-state index contributed by atoms with van der Waals surface area (Å²) in [6.07, 6.45) is 2.83. The molecule has 0 saturated carbocycles. The third-order valence-electron chi connectivity index (χ3n) is 1.85. The maximum absolute atomic E-state index is 11.8. The van der Waals surface area contributed by atoms with E-state index < -0.39 is 10.0 Å². The Balaban J connectivity index is 2.25. The molecule has 0 aliphatic carbocycles. The predicted octanol–water partition coefficient (Wildman–Crippen LogP) is 0.764. The van der Waals surface area contributed by atoms with Gasteiger partial charge in [-0.1, -0.05) is 0 Å². The lowest BCUT2D eigenvalue weighted by Gasteiger charge is -2.01. The van der Waals surface area contributed by atoms with Gasteiger partial charge in [-0.15, -0.1) is 11.3 Å². The average molecular weight is 259 g/mol. The van der Waals surface area contributed by atoms with Gasteiger partial charge in [0.15, 0.2) is 5.13 Å². The van der Waals surface area contributed by atoms with Crippen molar-refractivity contribution in [1.29, 1.82) is 0 Å². The van der Waals surface area contributed by atoms with Gasteiger partial charge in [-0.25, -0.2) is 13.4 Å². The summed E-state index contributed by atoms with van der Waals surface area (Å²) in [7, 11) is -3.62. The second-order valence-corrected chi connectivity index (χ2v) is 5.54. The highest BCUT2D eigenvalue weighted by Crippen LogP contribution is 2.18. The fourth-order valence-electron chi connectivity index (χ4n) is 1.11. The topological polar surface area (TPSA) is 95.1 Å². The highest BCUT2D eigenvalue weighted by atomic mass is 32.2. The highest BCUT2D eigenvalue weighted by molar-refractivity contribution is 7.93. The van der Waals surface area contributed by atoms with Gasteiger partial charge in [0, 0.05) is 23.5 Å². The van der Waals surface area contributed by atoms with Crippen LogP contribution >= 0.6 is 11.3 Å². The third-order valence-corrected chi connectivity index (χ3v) is 3.99. The van der Waals surface area contributed by atoms with Gasteiger partial charge >= 0.3 is 0 Å². The first kappa shape index (κ1) is 11.1. The molecule has 0 atom stereocenters. The van der Waals surface area contributed by atoms with Crippen LogP contribution in [0.1, 0.15) is 5.69 Å². The van der Waals surface area contributed by atoms with E-state index in [0.717, 1.165) is 0 Å². The normalized spacial score (nSPS) is 11.6. The van der Waals surface area contributed by atoms with E-state index in [1.807, 2.05) is 0 Å². The Morgan fingerprint density at radius 2 is 2.38 bits per heavy atom. The first-order valence-corrected chi connectivity index (χ1v) is 6.68. The van der Waals surface area contributed by atoms with Crippen LogP contribution in [-0.2, 0) is 16.6 Å². The number of hydrogen-bond donors (Lipinski definition) is 3. The second-order valence-electron chi connectivity index (χ2n) is 2.96. The van der Waals surface area contributed by atoms with Crippen LogP contribution in [0.2, 0.25) is 0 Å². The van der Waals surface area contributed by atoms with Crippen molar-refractivity contribution >= 4 is 26.5 Å². The van der Waals surface area contributed by atoms with Gasteiger partial charge in [-0.2, -0.15) is 0 Å². The number of thiazole rings is 1. The van der Waals surface area contributed by atoms with Gasteiger partial charge < -0.3 is 10.1 Å². The quantitative estimate of drug-likeness (QED) is 0.755. The third kappa shape index (κ3) is 2.23. The summed E-state index contributed by atoms with van der Waals surface area (Å²) in [6, 6.07) is 1.37. The summed E-state index contributed by atoms with van der Waals surface area (Å²) in [5, 5.41) is 10.8. The molecule has 2 heterocycles. The van der Waals surface area contributed by atoms with Gasteiger partial charge in [0.25, 0.3) is 10.0 Å². The zero-order valence-electron chi connectivity index (χ0n) is 8.04. The molecule has 2 aromatic heterocycles. The number of aromatic nitrogens is 2. The lowest BCUT2D eigenvalue weighted by molar-refractivity contribution is 0.277. The van der Waals surface area contributed by atoms with Crippen molar-refractivity contribution in [1.82, 2.24) is 9.97 Å². The summed E-state index contributed by atoms with van der Waals surface area (Å²) in [5.74, 6) is 0. The van der Waals surface area contributed by atoms with E-state index in [1.165, 1.54) is 29.8 Å². The molecule has 0 radical (unpaired) electrons. The molecule has 0 spiro atoms. The lowest BCUT2D eigenvalue weighted by atomic mass is 10.5. The van der Waals surface area contributed by atoms with Crippen LogP contribution in [0.15, 0.2) is 28.7 Å². The van der Waals surface area contributed by atoms with Crippen molar-refractivity contribution in [2.45, 2.75) is 11.5 Å². The SMILES string of the molecule is O=S(=O)(Nc1nccs1)c1c[nH]c(CO)c1. The van der Waals surface area contributed by atoms with Crippen LogP contribution in [-0.4, -0.2) is 23.5 Å². The first-order valence-electron chi connectivity index (χ1n) is 4.32. The molecule has 0 saturated heterocycles. The molecule has 2 aromatic rings. The van der Waals surface area contributed by atoms with Crippen LogP contribution in [0.5, 0.6) is 0 Å². The molecular formula is C8H9N3O3S2. The number of nitrogens with one attached hydrogen (secondary N) is 2. The number of nitrogens with zero attached hydrogens (tertiary/aromatic N) is 1. The molecule has 0 amide bonds. The summed E-state index contributed by atoms with van der Waals surface area (Å²) in [5.41, 5.74) is 0.444. The molecule has 0 aromatic carbocycles. The van der Waals surface area contributed by atoms with Crippen molar-refractivity contribution in [3.05, 3.63) is 29.5 Å². The Kier molecular flexibility index (Phi) is 2.95. The average Bonchev–Trinajstić information content (AvgIpc) is 2.85. The maximum atomic E-state index is 11.8. The van der Waals surface area contributed by atoms with Crippen molar-refractivity contribution in [2.24, 2.45) is 0 Å². The van der Waals surface area contributed by atoms with Crippen LogP contribution in [0, 0.1) is 0 Å². The van der Waals surface area contributed by atoms with E-state index >= 15 is 0 Å². The minimum Gasteiger partial charge on any atom is -0.390 e. The van der Waals surface area contributed by atoms with Crippen LogP contribution in [0.25, 0.3) is 0 Å². The van der Waals surface area contributed by atoms with Crippen LogP contribution in [0.4, 0.5) is 5.13 Å². The van der Waals surface area contributed by atoms with Gasteiger partial charge in [-0.05, 0) is 6.07 Å². The molecule has 0 unspecified atom stereocenters. The molecule has 3 N–H and O–H groups in total. The standard InChI is InChI=1S/C8H9N3O3S2/c12-5-6-3-7(4-10-6)16(13,14)11-8-9-1-2-15-8/h1-4,10,12H,5H2,(H,9,11). The number of rotatable bonds is 4. The fourth-order valence-corrected chi connectivity index (χ4v) is 2.92. The predicted molar refractivity (Wildman–Crippen MR) is 59.6 cm³/mol. The van der Waals surface area contributed by atoms with Crippen molar-refractivity contribution < 1.29 is 13.5 Å². The molecule has 86 valence electrons. The zero-order valence-corrected chi connectivity index (χ0v) is 9.68. The molecule has 6 nitrogen and oxygen atoms in total. The van der Waals surface area contributed by atoms with Crippen molar-refractivity contribution in [3.63, 3.8) is 0 Å². The first-order chi connectivity index (χ1) is 7.62. The van der Waals surface area contributed by atoms with Gasteiger partial charge in [0.05, 0.1) is 6.61 Å². The monoisotopic (exact) mass is 259 g/mol. The number of hydrogen-bond acceptors (Lipinski definition) is 5. The Morgan fingerprint density at radius 3 is 2.94 bits per heavy atom. The molecule has 8 heteroatoms. The van der Waals surface area contributed by atoms with Crippen LogP contribution in [0.3, 0.4) is 0 Å². The highest BCUT2D eigenvalue weighted by Gasteiger charge is 2.16. The lowest BCUT2D eigenvalue weighted by Crippen LogP contribution is -2.11. The Labute approximate surface area is 96.0 Å². The van der Waals surface area contributed by atoms with Crippen molar-refractivity contribution in [3.8, 4) is 0 Å². The summed E-state index contributed by atoms with van der Waals surface area (Å²) in [4.78, 5) is 6.55. The molecule has 0 fully saturated rings. The smallest absolute Gasteiger partial charge is 0.265 e. The molecule has 2 rings (SSSR count). The summed E-state index contributed by atoms with van der Waals surface area (Å²) in [6.45, 7) is -0.229. The van der Waals surface area contributed by atoms with E-state index in [9.17, 15) is 8.42 Å². The molecular weight excluding hydrogens is 250 g/mol. The summed E-state index contributed by atoms with van der Waals surface area (Å²) >= 11 is 1.20. The number of aromatic amines is 1.